The first-order chi connectivity index (χ1) is 32.0. The molecular weight excluding hydrogens is 1080 g/mol. The monoisotopic (exact) mass is 1160 g/mol. The Hall–Kier alpha value is -1.90. The number of aryl methyl sites for hydroxylation is 8. The van der Waals surface area contributed by atoms with Crippen LogP contribution in [0.4, 0.5) is 0 Å². The van der Waals surface area contributed by atoms with E-state index in [1.807, 2.05) is 0 Å². The van der Waals surface area contributed by atoms with E-state index < -0.39 is 0 Å². The van der Waals surface area contributed by atoms with Crippen LogP contribution in [0.3, 0.4) is 0 Å². The number of fused-ring (bicyclic) bond motifs is 4. The fourth-order valence-electron chi connectivity index (χ4n) is 9.05. The van der Waals surface area contributed by atoms with Crippen LogP contribution in [-0.4, -0.2) is 10.9 Å². The predicted octanol–water partition coefficient (Wildman–Crippen LogP) is 14.3. The van der Waals surface area contributed by atoms with Crippen molar-refractivity contribution >= 4 is 54.0 Å². The molecule has 0 saturated carbocycles. The van der Waals surface area contributed by atoms with Crippen molar-refractivity contribution in [2.45, 2.75) is 186 Å². The van der Waals surface area contributed by atoms with Gasteiger partial charge in [-0.3, -0.25) is 0 Å². The Labute approximate surface area is 471 Å². The normalized spacial score (nSPS) is 12.2. The number of hydrogen-bond acceptors (Lipinski definition) is 0. The molecule has 0 N–H and O–H groups in total. The van der Waals surface area contributed by atoms with E-state index in [0.29, 0.717) is 23.7 Å². The van der Waals surface area contributed by atoms with Crippen LogP contribution in [0.2, 0.25) is 26.2 Å². The van der Waals surface area contributed by atoms with Gasteiger partial charge in [0, 0.05) is 0 Å². The summed E-state index contributed by atoms with van der Waals surface area (Å²) in [5.74, 6) is 2.65. The van der Waals surface area contributed by atoms with Gasteiger partial charge in [0.1, 0.15) is 0 Å². The number of halogens is 2. The van der Waals surface area contributed by atoms with E-state index in [4.69, 9.17) is 0 Å². The van der Waals surface area contributed by atoms with Gasteiger partial charge in [0.05, 0.1) is 0 Å². The standard InChI is InChI=1S/4C15H19.2C2H6Si.2ClH.2Zr/c4*1-5-11(3)13-7-6-12(4)14-8-10(2)9-15(13)14;2*1-3-2;;;;/h4*6-9,11H,5H2,1-4H3;2*1-2H3;2*1H;;/q4*-1;;;;;2*+2/p-2. The van der Waals surface area contributed by atoms with Gasteiger partial charge in [-0.2, -0.15) is 24.3 Å². The average molecular weight is 1170 g/mol. The van der Waals surface area contributed by atoms with E-state index in [1.165, 1.54) is 136 Å². The van der Waals surface area contributed by atoms with E-state index in [0.717, 1.165) is 0 Å². The summed E-state index contributed by atoms with van der Waals surface area (Å²) in [7, 11) is 0. The van der Waals surface area contributed by atoms with Crippen molar-refractivity contribution in [1.82, 2.24) is 0 Å². The fraction of sp³-hybridized carbons (Fsp3) is 0.438. The summed E-state index contributed by atoms with van der Waals surface area (Å²) in [6, 6.07) is 36.7. The van der Waals surface area contributed by atoms with E-state index >= 15 is 0 Å². The Morgan fingerprint density at radius 3 is 0.657 bits per heavy atom. The molecule has 0 radical (unpaired) electrons. The molecule has 376 valence electrons. The smallest absolute Gasteiger partial charge is 1.00 e. The molecular formula is C64H88Cl2Si2Zr2-2. The first kappa shape index (κ1) is 66.1. The van der Waals surface area contributed by atoms with Crippen LogP contribution < -0.4 is 24.8 Å². The van der Waals surface area contributed by atoms with Crippen molar-refractivity contribution in [1.29, 1.82) is 0 Å². The molecule has 0 fully saturated rings. The Kier molecular flexibility index (Phi) is 30.0. The molecule has 8 rings (SSSR count). The summed E-state index contributed by atoms with van der Waals surface area (Å²) in [4.78, 5) is 0. The maximum absolute atomic E-state index is 2.32. The predicted molar refractivity (Wildman–Crippen MR) is 306 cm³/mol. The summed E-state index contributed by atoms with van der Waals surface area (Å²) in [6.45, 7) is 45.0. The van der Waals surface area contributed by atoms with Gasteiger partial charge in [0.2, 0.25) is 0 Å². The van der Waals surface area contributed by atoms with Crippen molar-refractivity contribution < 1.29 is 71.5 Å². The first-order valence-electron chi connectivity index (χ1n) is 25.7. The van der Waals surface area contributed by atoms with Crippen molar-refractivity contribution in [2.75, 3.05) is 0 Å². The van der Waals surface area contributed by atoms with E-state index in [9.17, 15) is 0 Å². The molecule has 4 atom stereocenters. The van der Waals surface area contributed by atoms with Crippen LogP contribution >= 0.6 is 0 Å². The maximum atomic E-state index is 2.32. The molecule has 0 nitrogen and oxygen atoms in total. The third-order valence-corrected chi connectivity index (χ3v) is 13.7. The Morgan fingerprint density at radius 2 is 0.514 bits per heavy atom. The second-order valence-corrected chi connectivity index (χ2v) is 39.3. The average Bonchev–Trinajstić information content (AvgIpc) is 4.08. The molecule has 0 amide bonds. The van der Waals surface area contributed by atoms with Gasteiger partial charge >= 0.3 is 83.7 Å². The third kappa shape index (κ3) is 18.8. The van der Waals surface area contributed by atoms with Crippen LogP contribution in [0, 0.1) is 55.4 Å². The Bertz CT molecular complexity index is 2490. The van der Waals surface area contributed by atoms with Gasteiger partial charge in [0.25, 0.3) is 0 Å². The largest absolute Gasteiger partial charge is 1.00 e. The molecule has 4 unspecified atom stereocenters. The number of benzene rings is 4. The molecule has 0 aliphatic carbocycles. The van der Waals surface area contributed by atoms with Crippen molar-refractivity contribution in [2.24, 2.45) is 0 Å². The molecule has 8 aromatic carbocycles. The second kappa shape index (κ2) is 31.7. The topological polar surface area (TPSA) is 0 Å². The van der Waals surface area contributed by atoms with Gasteiger partial charge in [-0.15, -0.1) is 136 Å². The third-order valence-electron chi connectivity index (χ3n) is 13.7. The van der Waals surface area contributed by atoms with Gasteiger partial charge in [-0.05, 0) is 23.7 Å². The van der Waals surface area contributed by atoms with E-state index in [1.54, 1.807) is 46.7 Å². The van der Waals surface area contributed by atoms with Crippen molar-refractivity contribution in [3.05, 3.63) is 164 Å². The molecule has 0 aromatic heterocycles. The maximum Gasteiger partial charge on any atom is -1.00 e. The van der Waals surface area contributed by atoms with Crippen molar-refractivity contribution in [3.8, 4) is 0 Å². The van der Waals surface area contributed by atoms with Crippen LogP contribution in [0.1, 0.15) is 172 Å². The van der Waals surface area contributed by atoms with Crippen LogP contribution in [0.25, 0.3) is 43.1 Å². The molecule has 8 aromatic rings. The molecule has 0 heterocycles. The van der Waals surface area contributed by atoms with Crippen LogP contribution in [0.15, 0.2) is 97.1 Å². The van der Waals surface area contributed by atoms with Gasteiger partial charge in [0.15, 0.2) is 0 Å². The quantitative estimate of drug-likeness (QED) is 0.105. The molecule has 0 spiro atoms. The molecule has 0 saturated heterocycles. The molecule has 0 aliphatic rings. The molecule has 6 heteroatoms. The summed E-state index contributed by atoms with van der Waals surface area (Å²) < 4.78 is 0. The molecule has 0 bridgehead atoms. The zero-order chi connectivity index (χ0) is 51.2. The zero-order valence-electron chi connectivity index (χ0n) is 47.1. The van der Waals surface area contributed by atoms with Crippen LogP contribution in [-0.2, 0) is 46.7 Å². The summed E-state index contributed by atoms with van der Waals surface area (Å²) >= 11 is 3.48. The molecule has 70 heavy (non-hydrogen) atoms. The minimum Gasteiger partial charge on any atom is -1.00 e. The van der Waals surface area contributed by atoms with Crippen LogP contribution in [0.5, 0.6) is 0 Å². The first-order valence-corrected chi connectivity index (χ1v) is 38.1. The van der Waals surface area contributed by atoms with Gasteiger partial charge in [-0.1, -0.05) is 183 Å². The number of rotatable bonds is 8. The Morgan fingerprint density at radius 1 is 0.357 bits per heavy atom. The number of hydrogen-bond donors (Lipinski definition) is 0. The summed E-state index contributed by atoms with van der Waals surface area (Å²) in [5.41, 5.74) is 17.5. The Balaban J connectivity index is 0.000000439. The summed E-state index contributed by atoms with van der Waals surface area (Å²) in [6.07, 6.45) is 4.84. The molecule has 0 aliphatic heterocycles. The van der Waals surface area contributed by atoms with E-state index in [-0.39, 0.29) is 35.7 Å². The van der Waals surface area contributed by atoms with E-state index in [2.05, 4.69) is 234 Å². The zero-order valence-corrected chi connectivity index (χ0v) is 55.6. The second-order valence-electron chi connectivity index (χ2n) is 20.6. The van der Waals surface area contributed by atoms with Gasteiger partial charge < -0.3 is 24.8 Å². The van der Waals surface area contributed by atoms with Gasteiger partial charge in [-0.25, -0.2) is 0 Å². The SMILES string of the molecule is CCC(C)c1ccc(C)c2[cH-]c(C)cc12.CCC(C)c1ccc(C)c2[cH-]c(C)cc12.CCC(C)c1ccc(C)c2[cH-]c(C)cc12.CCC(C)c1ccc(C)c2[cH-]c(C)cc12.C[Si](C)=[Zr+2].C[Si](C)=[Zr+2].[Cl-].[Cl-]. The van der Waals surface area contributed by atoms with Crippen molar-refractivity contribution in [3.63, 3.8) is 0 Å². The minimum atomic E-state index is 0. The summed E-state index contributed by atoms with van der Waals surface area (Å²) in [5, 5.41) is 11.6. The fourth-order valence-corrected chi connectivity index (χ4v) is 9.05. The minimum absolute atomic E-state index is 0.